The van der Waals surface area contributed by atoms with Crippen LogP contribution in [-0.2, 0) is 4.79 Å². The molecule has 1 saturated heterocycles. The molecule has 6 heteroatoms. The van der Waals surface area contributed by atoms with Crippen molar-refractivity contribution in [1.82, 2.24) is 4.98 Å². The van der Waals surface area contributed by atoms with Crippen LogP contribution in [0.5, 0.6) is 0 Å². The van der Waals surface area contributed by atoms with Crippen LogP contribution in [0.4, 0.5) is 11.5 Å². The number of aromatic nitrogens is 1. The number of hydrogen-bond acceptors (Lipinski definition) is 4. The van der Waals surface area contributed by atoms with E-state index in [0.29, 0.717) is 5.56 Å². The van der Waals surface area contributed by atoms with E-state index in [9.17, 15) is 4.79 Å². The molecule has 0 aliphatic carbocycles. The smallest absolute Gasteiger partial charge is 0.227 e. The molecule has 1 fully saturated rings. The minimum atomic E-state index is 0.0126. The average molecular weight is 385 g/mol. The fourth-order valence-electron chi connectivity index (χ4n) is 2.82. The van der Waals surface area contributed by atoms with Crippen LogP contribution in [0.1, 0.15) is 18.4 Å². The van der Waals surface area contributed by atoms with Crippen molar-refractivity contribution in [3.63, 3.8) is 0 Å². The van der Waals surface area contributed by atoms with E-state index in [0.717, 1.165) is 41.9 Å². The van der Waals surface area contributed by atoms with E-state index in [1.165, 1.54) is 0 Å². The van der Waals surface area contributed by atoms with Gasteiger partial charge < -0.3 is 10.2 Å². The molecule has 5 nitrogen and oxygen atoms in total. The Labute approximate surface area is 149 Å². The Morgan fingerprint density at radius 1 is 1.29 bits per heavy atom. The molecular formula is C18H17BrN4O. The number of amides is 1. The summed E-state index contributed by atoms with van der Waals surface area (Å²) in [6, 6.07) is 13.3. The molecule has 2 heterocycles. The zero-order valence-corrected chi connectivity index (χ0v) is 14.7. The predicted molar refractivity (Wildman–Crippen MR) is 96.7 cm³/mol. The zero-order valence-electron chi connectivity index (χ0n) is 13.1. The third-order valence-electron chi connectivity index (χ3n) is 4.16. The topological polar surface area (TPSA) is 69.0 Å². The van der Waals surface area contributed by atoms with E-state index >= 15 is 0 Å². The van der Waals surface area contributed by atoms with Gasteiger partial charge in [-0.2, -0.15) is 5.26 Å². The van der Waals surface area contributed by atoms with E-state index < -0.39 is 0 Å². The highest BCUT2D eigenvalue weighted by Crippen LogP contribution is 2.24. The van der Waals surface area contributed by atoms with Gasteiger partial charge in [0.1, 0.15) is 11.9 Å². The Morgan fingerprint density at radius 3 is 2.71 bits per heavy atom. The normalized spacial score (nSPS) is 14.9. The van der Waals surface area contributed by atoms with E-state index in [1.807, 2.05) is 30.3 Å². The van der Waals surface area contributed by atoms with Gasteiger partial charge in [0.05, 0.1) is 5.56 Å². The molecule has 1 aliphatic heterocycles. The molecule has 0 spiro atoms. The first-order valence-corrected chi connectivity index (χ1v) is 8.62. The van der Waals surface area contributed by atoms with Crippen molar-refractivity contribution in [2.45, 2.75) is 12.8 Å². The Hall–Kier alpha value is -2.39. The standard InChI is InChI=1S/C18H17BrN4O/c19-15-2-1-3-16(10-15)22-18(24)14-6-8-23(9-7-14)17-5-4-13(11-20)12-21-17/h1-5,10,12,14H,6-9H2,(H,22,24). The second-order valence-electron chi connectivity index (χ2n) is 5.78. The van der Waals surface area contributed by atoms with Crippen LogP contribution >= 0.6 is 15.9 Å². The average Bonchev–Trinajstić information content (AvgIpc) is 2.62. The number of piperidine rings is 1. The first-order chi connectivity index (χ1) is 11.7. The molecule has 1 aromatic carbocycles. The summed E-state index contributed by atoms with van der Waals surface area (Å²) in [4.78, 5) is 18.9. The minimum Gasteiger partial charge on any atom is -0.357 e. The number of carbonyl (C=O) groups excluding carboxylic acids is 1. The van der Waals surface area contributed by atoms with Crippen LogP contribution in [0.2, 0.25) is 0 Å². The van der Waals surface area contributed by atoms with Gasteiger partial charge in [-0.3, -0.25) is 4.79 Å². The van der Waals surface area contributed by atoms with Crippen LogP contribution in [-0.4, -0.2) is 24.0 Å². The number of hydrogen-bond donors (Lipinski definition) is 1. The van der Waals surface area contributed by atoms with Crippen molar-refractivity contribution in [3.05, 3.63) is 52.6 Å². The van der Waals surface area contributed by atoms with Crippen LogP contribution in [0.3, 0.4) is 0 Å². The quantitative estimate of drug-likeness (QED) is 0.877. The summed E-state index contributed by atoms with van der Waals surface area (Å²) < 4.78 is 0.946. The third-order valence-corrected chi connectivity index (χ3v) is 4.65. The lowest BCUT2D eigenvalue weighted by molar-refractivity contribution is -0.120. The first-order valence-electron chi connectivity index (χ1n) is 7.83. The van der Waals surface area contributed by atoms with Crippen molar-refractivity contribution >= 4 is 33.3 Å². The number of pyridine rings is 1. The molecule has 0 radical (unpaired) electrons. The molecule has 0 saturated carbocycles. The van der Waals surface area contributed by atoms with Gasteiger partial charge in [0.25, 0.3) is 0 Å². The lowest BCUT2D eigenvalue weighted by Gasteiger charge is -2.32. The fourth-order valence-corrected chi connectivity index (χ4v) is 3.22. The summed E-state index contributed by atoms with van der Waals surface area (Å²) in [5.74, 6) is 0.944. The van der Waals surface area contributed by atoms with Gasteiger partial charge in [-0.05, 0) is 43.2 Å². The summed E-state index contributed by atoms with van der Waals surface area (Å²) in [6.45, 7) is 1.57. The molecule has 3 rings (SSSR count). The summed E-state index contributed by atoms with van der Waals surface area (Å²) in [6.07, 6.45) is 3.17. The SMILES string of the molecule is N#Cc1ccc(N2CCC(C(=O)Nc3cccc(Br)c3)CC2)nc1. The van der Waals surface area contributed by atoms with Gasteiger partial charge in [-0.15, -0.1) is 0 Å². The van der Waals surface area contributed by atoms with E-state index in [2.05, 4.69) is 37.2 Å². The van der Waals surface area contributed by atoms with E-state index in [4.69, 9.17) is 5.26 Å². The lowest BCUT2D eigenvalue weighted by Crippen LogP contribution is -2.38. The summed E-state index contributed by atoms with van der Waals surface area (Å²) in [5, 5.41) is 11.8. The highest BCUT2D eigenvalue weighted by molar-refractivity contribution is 9.10. The van der Waals surface area contributed by atoms with Crippen molar-refractivity contribution in [1.29, 1.82) is 5.26 Å². The molecular weight excluding hydrogens is 368 g/mol. The second-order valence-corrected chi connectivity index (χ2v) is 6.69. The van der Waals surface area contributed by atoms with Crippen LogP contribution in [0.25, 0.3) is 0 Å². The number of benzene rings is 1. The van der Waals surface area contributed by atoms with Gasteiger partial charge in [-0.1, -0.05) is 22.0 Å². The van der Waals surface area contributed by atoms with Crippen LogP contribution < -0.4 is 10.2 Å². The van der Waals surface area contributed by atoms with Crippen molar-refractivity contribution < 1.29 is 4.79 Å². The highest BCUT2D eigenvalue weighted by atomic mass is 79.9. The molecule has 0 atom stereocenters. The number of nitriles is 1. The highest BCUT2D eigenvalue weighted by Gasteiger charge is 2.25. The predicted octanol–water partition coefficient (Wildman–Crippen LogP) is 3.57. The first kappa shape index (κ1) is 16.5. The molecule has 1 aliphatic rings. The molecule has 24 heavy (non-hydrogen) atoms. The Kier molecular flexibility index (Phi) is 5.11. The zero-order chi connectivity index (χ0) is 16.9. The van der Waals surface area contributed by atoms with Gasteiger partial charge in [-0.25, -0.2) is 4.98 Å². The maximum atomic E-state index is 12.4. The number of anilines is 2. The molecule has 1 N–H and O–H groups in total. The summed E-state index contributed by atoms with van der Waals surface area (Å²) in [5.41, 5.74) is 1.37. The van der Waals surface area contributed by atoms with Crippen molar-refractivity contribution in [2.75, 3.05) is 23.3 Å². The van der Waals surface area contributed by atoms with Crippen LogP contribution in [0, 0.1) is 17.2 Å². The Morgan fingerprint density at radius 2 is 2.08 bits per heavy atom. The Balaban J connectivity index is 1.56. The molecule has 0 bridgehead atoms. The van der Waals surface area contributed by atoms with E-state index in [1.54, 1.807) is 12.3 Å². The number of rotatable bonds is 3. The minimum absolute atomic E-state index is 0.0126. The van der Waals surface area contributed by atoms with Crippen molar-refractivity contribution in [2.24, 2.45) is 5.92 Å². The molecule has 2 aromatic rings. The van der Waals surface area contributed by atoms with Gasteiger partial charge in [0.15, 0.2) is 0 Å². The monoisotopic (exact) mass is 384 g/mol. The number of carbonyl (C=O) groups is 1. The van der Waals surface area contributed by atoms with Gasteiger partial charge in [0, 0.05) is 35.4 Å². The largest absolute Gasteiger partial charge is 0.357 e. The Bertz CT molecular complexity index is 761. The maximum Gasteiger partial charge on any atom is 0.227 e. The second kappa shape index (κ2) is 7.45. The molecule has 1 amide bonds. The fraction of sp³-hybridized carbons (Fsp3) is 0.278. The summed E-state index contributed by atoms with van der Waals surface area (Å²) in [7, 11) is 0. The van der Waals surface area contributed by atoms with Crippen molar-refractivity contribution in [3.8, 4) is 6.07 Å². The molecule has 1 aromatic heterocycles. The van der Waals surface area contributed by atoms with Gasteiger partial charge in [0.2, 0.25) is 5.91 Å². The van der Waals surface area contributed by atoms with E-state index in [-0.39, 0.29) is 11.8 Å². The molecule has 122 valence electrons. The third kappa shape index (κ3) is 3.92. The number of nitrogens with zero attached hydrogens (tertiary/aromatic N) is 3. The lowest BCUT2D eigenvalue weighted by atomic mass is 9.95. The van der Waals surface area contributed by atoms with Crippen LogP contribution in [0.15, 0.2) is 47.1 Å². The molecule has 0 unspecified atom stereocenters. The maximum absolute atomic E-state index is 12.4. The number of nitrogens with one attached hydrogen (secondary N) is 1. The number of halogens is 1. The summed E-state index contributed by atoms with van der Waals surface area (Å²) >= 11 is 3.41. The van der Waals surface area contributed by atoms with Gasteiger partial charge >= 0.3 is 0 Å².